The average molecular weight is 215 g/mol. The number of hydrogen-bond acceptors (Lipinski definition) is 3. The summed E-state index contributed by atoms with van der Waals surface area (Å²) in [5, 5.41) is 3.99. The molecule has 2 heterocycles. The van der Waals surface area contributed by atoms with Crippen molar-refractivity contribution in [3.63, 3.8) is 0 Å². The maximum Gasteiger partial charge on any atom is 0.261 e. The van der Waals surface area contributed by atoms with E-state index in [0.717, 1.165) is 30.9 Å². The fourth-order valence-corrected chi connectivity index (χ4v) is 2.14. The minimum atomic E-state index is 0.0873. The van der Waals surface area contributed by atoms with Crippen LogP contribution in [-0.4, -0.2) is 16.1 Å². The van der Waals surface area contributed by atoms with Crippen LogP contribution in [0, 0.1) is 0 Å². The smallest absolute Gasteiger partial charge is 0.261 e. The highest BCUT2D eigenvalue weighted by Crippen LogP contribution is 2.09. The predicted octanol–water partition coefficient (Wildman–Crippen LogP) is 0.890. The van der Waals surface area contributed by atoms with Crippen LogP contribution in [0.3, 0.4) is 0 Å². The van der Waals surface area contributed by atoms with Gasteiger partial charge in [0.1, 0.15) is 5.82 Å². The number of fused-ring (bicyclic) bond motifs is 2. The monoisotopic (exact) mass is 215 g/mol. The molecule has 0 bridgehead atoms. The summed E-state index contributed by atoms with van der Waals surface area (Å²) in [6.07, 6.45) is 0.979. The van der Waals surface area contributed by atoms with E-state index in [2.05, 4.69) is 10.3 Å². The van der Waals surface area contributed by atoms with Gasteiger partial charge in [0, 0.05) is 6.54 Å². The van der Waals surface area contributed by atoms with Crippen LogP contribution >= 0.6 is 0 Å². The van der Waals surface area contributed by atoms with Crippen molar-refractivity contribution in [3.05, 3.63) is 40.4 Å². The zero-order chi connectivity index (χ0) is 11.0. The molecule has 0 amide bonds. The molecular formula is C12H13N3O. The molecule has 0 atom stereocenters. The van der Waals surface area contributed by atoms with Gasteiger partial charge in [-0.25, -0.2) is 4.98 Å². The maximum absolute atomic E-state index is 12.2. The van der Waals surface area contributed by atoms with Crippen LogP contribution in [0.25, 0.3) is 10.9 Å². The SMILES string of the molecule is O=c1c2ccccc2nc2n1CCCNC2. The van der Waals surface area contributed by atoms with Crippen molar-refractivity contribution >= 4 is 10.9 Å². The number of aromatic nitrogens is 2. The Bertz CT molecular complexity index is 588. The first-order valence-corrected chi connectivity index (χ1v) is 5.55. The summed E-state index contributed by atoms with van der Waals surface area (Å²) >= 11 is 0. The van der Waals surface area contributed by atoms with Crippen molar-refractivity contribution in [1.29, 1.82) is 0 Å². The molecule has 0 unspecified atom stereocenters. The van der Waals surface area contributed by atoms with Gasteiger partial charge in [0.2, 0.25) is 0 Å². The highest BCUT2D eigenvalue weighted by Gasteiger charge is 2.12. The topological polar surface area (TPSA) is 46.9 Å². The van der Waals surface area contributed by atoms with Gasteiger partial charge in [0.15, 0.2) is 0 Å². The van der Waals surface area contributed by atoms with Crippen molar-refractivity contribution in [3.8, 4) is 0 Å². The second-order valence-corrected chi connectivity index (χ2v) is 4.03. The molecular weight excluding hydrogens is 202 g/mol. The van der Waals surface area contributed by atoms with Crippen LogP contribution in [0.5, 0.6) is 0 Å². The Hall–Kier alpha value is -1.68. The minimum Gasteiger partial charge on any atom is -0.310 e. The molecule has 1 N–H and O–H groups in total. The molecule has 2 aromatic rings. The van der Waals surface area contributed by atoms with Crippen molar-refractivity contribution in [2.75, 3.05) is 6.54 Å². The first-order chi connectivity index (χ1) is 7.86. The molecule has 1 aliphatic heterocycles. The third kappa shape index (κ3) is 1.42. The van der Waals surface area contributed by atoms with E-state index in [1.165, 1.54) is 0 Å². The Morgan fingerprint density at radius 1 is 1.31 bits per heavy atom. The molecule has 0 saturated carbocycles. The van der Waals surface area contributed by atoms with Crippen LogP contribution in [-0.2, 0) is 13.1 Å². The fourth-order valence-electron chi connectivity index (χ4n) is 2.14. The molecule has 3 rings (SSSR count). The van der Waals surface area contributed by atoms with Crippen molar-refractivity contribution in [1.82, 2.24) is 14.9 Å². The quantitative estimate of drug-likeness (QED) is 0.710. The van der Waals surface area contributed by atoms with Gasteiger partial charge in [-0.15, -0.1) is 0 Å². The molecule has 0 radical (unpaired) electrons. The van der Waals surface area contributed by atoms with Crippen LogP contribution in [0.15, 0.2) is 29.1 Å². The molecule has 0 saturated heterocycles. The number of nitrogens with one attached hydrogen (secondary N) is 1. The standard InChI is InChI=1S/C12H13N3O/c16-12-9-4-1-2-5-10(9)14-11-8-13-6-3-7-15(11)12/h1-2,4-5,13H,3,6-8H2. The Balaban J connectivity index is 2.34. The molecule has 0 fully saturated rings. The summed E-state index contributed by atoms with van der Waals surface area (Å²) in [5.41, 5.74) is 0.881. The first-order valence-electron chi connectivity index (χ1n) is 5.55. The molecule has 4 heteroatoms. The van der Waals surface area contributed by atoms with Crippen molar-refractivity contribution in [2.45, 2.75) is 19.5 Å². The van der Waals surface area contributed by atoms with Crippen LogP contribution in [0.4, 0.5) is 0 Å². The van der Waals surface area contributed by atoms with Gasteiger partial charge >= 0.3 is 0 Å². The maximum atomic E-state index is 12.2. The fraction of sp³-hybridized carbons (Fsp3) is 0.333. The molecule has 82 valence electrons. The van der Waals surface area contributed by atoms with Crippen molar-refractivity contribution < 1.29 is 0 Å². The highest BCUT2D eigenvalue weighted by molar-refractivity contribution is 5.77. The average Bonchev–Trinajstić information content (AvgIpc) is 2.55. The van der Waals surface area contributed by atoms with E-state index >= 15 is 0 Å². The summed E-state index contributed by atoms with van der Waals surface area (Å²) in [6.45, 7) is 2.39. The summed E-state index contributed by atoms with van der Waals surface area (Å²) in [7, 11) is 0. The van der Waals surface area contributed by atoms with Gasteiger partial charge in [0.25, 0.3) is 5.56 Å². The van der Waals surface area contributed by atoms with Gasteiger partial charge in [-0.1, -0.05) is 12.1 Å². The van der Waals surface area contributed by atoms with Gasteiger partial charge in [-0.2, -0.15) is 0 Å². The van der Waals surface area contributed by atoms with Crippen LogP contribution in [0.1, 0.15) is 12.2 Å². The molecule has 16 heavy (non-hydrogen) atoms. The Labute approximate surface area is 92.9 Å². The van der Waals surface area contributed by atoms with Crippen LogP contribution < -0.4 is 10.9 Å². The molecule has 1 aliphatic rings. The lowest BCUT2D eigenvalue weighted by atomic mass is 10.2. The summed E-state index contributed by atoms with van der Waals surface area (Å²) in [6, 6.07) is 7.53. The van der Waals surface area contributed by atoms with E-state index in [-0.39, 0.29) is 5.56 Å². The van der Waals surface area contributed by atoms with E-state index < -0.39 is 0 Å². The first kappa shape index (κ1) is 9.54. The summed E-state index contributed by atoms with van der Waals surface area (Å²) in [4.78, 5) is 16.8. The normalized spacial score (nSPS) is 15.8. The van der Waals surface area contributed by atoms with E-state index in [1.807, 2.05) is 24.3 Å². The number of benzene rings is 1. The molecule has 0 spiro atoms. The Kier molecular flexibility index (Phi) is 2.22. The van der Waals surface area contributed by atoms with Crippen LogP contribution in [0.2, 0.25) is 0 Å². The number of hydrogen-bond donors (Lipinski definition) is 1. The minimum absolute atomic E-state index is 0.0873. The van der Waals surface area contributed by atoms with Gasteiger partial charge in [-0.05, 0) is 25.1 Å². The molecule has 1 aromatic carbocycles. The van der Waals surface area contributed by atoms with E-state index in [0.29, 0.717) is 11.9 Å². The predicted molar refractivity (Wildman–Crippen MR) is 62.3 cm³/mol. The van der Waals surface area contributed by atoms with E-state index in [9.17, 15) is 4.79 Å². The zero-order valence-electron chi connectivity index (χ0n) is 8.94. The summed E-state index contributed by atoms with van der Waals surface area (Å²) in [5.74, 6) is 0.848. The third-order valence-corrected chi connectivity index (χ3v) is 2.96. The van der Waals surface area contributed by atoms with E-state index in [1.54, 1.807) is 4.57 Å². The van der Waals surface area contributed by atoms with Gasteiger partial charge in [-0.3, -0.25) is 9.36 Å². The number of nitrogens with zero attached hydrogens (tertiary/aromatic N) is 2. The Morgan fingerprint density at radius 3 is 3.12 bits per heavy atom. The molecule has 4 nitrogen and oxygen atoms in total. The lowest BCUT2D eigenvalue weighted by Crippen LogP contribution is -2.25. The lowest BCUT2D eigenvalue weighted by molar-refractivity contribution is 0.627. The second-order valence-electron chi connectivity index (χ2n) is 4.03. The largest absolute Gasteiger partial charge is 0.310 e. The van der Waals surface area contributed by atoms with E-state index in [4.69, 9.17) is 0 Å². The number of rotatable bonds is 0. The lowest BCUT2D eigenvalue weighted by Gasteiger charge is -2.09. The van der Waals surface area contributed by atoms with Crippen molar-refractivity contribution in [2.24, 2.45) is 0 Å². The number of para-hydroxylation sites is 1. The van der Waals surface area contributed by atoms with Gasteiger partial charge in [0.05, 0.1) is 17.4 Å². The zero-order valence-corrected chi connectivity index (χ0v) is 8.94. The Morgan fingerprint density at radius 2 is 2.19 bits per heavy atom. The highest BCUT2D eigenvalue weighted by atomic mass is 16.1. The second kappa shape index (κ2) is 3.72. The van der Waals surface area contributed by atoms with Gasteiger partial charge < -0.3 is 5.32 Å². The third-order valence-electron chi connectivity index (χ3n) is 2.96. The summed E-state index contributed by atoms with van der Waals surface area (Å²) < 4.78 is 1.79. The molecule has 1 aromatic heterocycles. The molecule has 0 aliphatic carbocycles.